The molecule has 13 heavy (non-hydrogen) atoms. The molecule has 0 spiro atoms. The number of halogens is 1. The van der Waals surface area contributed by atoms with E-state index in [1.54, 1.807) is 7.11 Å². The first kappa shape index (κ1) is 10.5. The Morgan fingerprint density at radius 3 is 2.62 bits per heavy atom. The second kappa shape index (κ2) is 4.63. The molecule has 1 aromatic carbocycles. The Balaban J connectivity index is 3.20. The van der Waals surface area contributed by atoms with Crippen LogP contribution in [0.15, 0.2) is 16.6 Å². The third-order valence-corrected chi connectivity index (χ3v) is 2.60. The first-order valence-corrected chi connectivity index (χ1v) is 5.07. The summed E-state index contributed by atoms with van der Waals surface area (Å²) in [6, 6.07) is 4.15. The van der Waals surface area contributed by atoms with E-state index in [1.807, 2.05) is 0 Å². The van der Waals surface area contributed by atoms with Crippen LogP contribution in [0.5, 0.6) is 5.75 Å². The molecular formula is C10H14BrNO. The second-order valence-corrected chi connectivity index (χ2v) is 3.68. The van der Waals surface area contributed by atoms with Crippen LogP contribution in [0.4, 0.5) is 0 Å². The average molecular weight is 244 g/mol. The van der Waals surface area contributed by atoms with Gasteiger partial charge in [0.05, 0.1) is 11.6 Å². The van der Waals surface area contributed by atoms with Crippen molar-refractivity contribution in [2.45, 2.75) is 19.9 Å². The van der Waals surface area contributed by atoms with Gasteiger partial charge in [-0.1, -0.05) is 13.0 Å². The highest BCUT2D eigenvalue weighted by Crippen LogP contribution is 2.30. The Hall–Kier alpha value is -0.540. The molecule has 2 N–H and O–H groups in total. The van der Waals surface area contributed by atoms with E-state index in [0.29, 0.717) is 6.54 Å². The minimum absolute atomic E-state index is 0.510. The monoisotopic (exact) mass is 243 g/mol. The van der Waals surface area contributed by atoms with E-state index in [-0.39, 0.29) is 0 Å². The van der Waals surface area contributed by atoms with Crippen LogP contribution < -0.4 is 10.5 Å². The largest absolute Gasteiger partial charge is 0.495 e. The van der Waals surface area contributed by atoms with Crippen molar-refractivity contribution in [3.05, 3.63) is 27.7 Å². The van der Waals surface area contributed by atoms with Crippen molar-refractivity contribution < 1.29 is 4.74 Å². The molecule has 0 amide bonds. The molecule has 0 aliphatic carbocycles. The SMILES string of the molecule is CCc1cc(Br)c(OC)c(CN)c1. The first-order chi connectivity index (χ1) is 6.22. The van der Waals surface area contributed by atoms with Crippen molar-refractivity contribution in [3.63, 3.8) is 0 Å². The lowest BCUT2D eigenvalue weighted by molar-refractivity contribution is 0.407. The van der Waals surface area contributed by atoms with Crippen LogP contribution in [0.3, 0.4) is 0 Å². The molecule has 0 saturated heterocycles. The number of benzene rings is 1. The number of rotatable bonds is 3. The summed E-state index contributed by atoms with van der Waals surface area (Å²) >= 11 is 3.46. The van der Waals surface area contributed by atoms with Gasteiger partial charge in [-0.3, -0.25) is 0 Å². The molecule has 0 fully saturated rings. The molecular weight excluding hydrogens is 230 g/mol. The van der Waals surface area contributed by atoms with Crippen LogP contribution in [0.1, 0.15) is 18.1 Å². The first-order valence-electron chi connectivity index (χ1n) is 4.28. The lowest BCUT2D eigenvalue weighted by Gasteiger charge is -2.10. The van der Waals surface area contributed by atoms with E-state index in [4.69, 9.17) is 10.5 Å². The van der Waals surface area contributed by atoms with Crippen molar-refractivity contribution in [2.24, 2.45) is 5.73 Å². The van der Waals surface area contributed by atoms with Gasteiger partial charge < -0.3 is 10.5 Å². The average Bonchev–Trinajstić information content (AvgIpc) is 2.16. The summed E-state index contributed by atoms with van der Waals surface area (Å²) in [5, 5.41) is 0. The van der Waals surface area contributed by atoms with Gasteiger partial charge in [0.2, 0.25) is 0 Å². The second-order valence-electron chi connectivity index (χ2n) is 2.83. The Labute approximate surface area is 87.2 Å². The Morgan fingerprint density at radius 2 is 2.15 bits per heavy atom. The number of hydrogen-bond donors (Lipinski definition) is 1. The zero-order valence-electron chi connectivity index (χ0n) is 7.93. The fourth-order valence-electron chi connectivity index (χ4n) is 1.30. The molecule has 72 valence electrons. The summed E-state index contributed by atoms with van der Waals surface area (Å²) < 4.78 is 6.22. The van der Waals surface area contributed by atoms with Crippen molar-refractivity contribution in [3.8, 4) is 5.75 Å². The molecule has 1 aromatic rings. The minimum Gasteiger partial charge on any atom is -0.495 e. The highest BCUT2D eigenvalue weighted by molar-refractivity contribution is 9.10. The number of aryl methyl sites for hydroxylation is 1. The summed E-state index contributed by atoms with van der Waals surface area (Å²) in [5.74, 6) is 0.847. The summed E-state index contributed by atoms with van der Waals surface area (Å²) in [5.41, 5.74) is 7.94. The summed E-state index contributed by atoms with van der Waals surface area (Å²) in [6.07, 6.45) is 1.01. The summed E-state index contributed by atoms with van der Waals surface area (Å²) in [6.45, 7) is 2.63. The molecule has 0 aliphatic heterocycles. The Bertz CT molecular complexity index is 299. The Morgan fingerprint density at radius 1 is 1.46 bits per heavy atom. The van der Waals surface area contributed by atoms with E-state index in [9.17, 15) is 0 Å². The van der Waals surface area contributed by atoms with Gasteiger partial charge in [0, 0.05) is 12.1 Å². The van der Waals surface area contributed by atoms with E-state index >= 15 is 0 Å². The fourth-order valence-corrected chi connectivity index (χ4v) is 2.01. The lowest BCUT2D eigenvalue weighted by atomic mass is 10.1. The number of nitrogens with two attached hydrogens (primary N) is 1. The third kappa shape index (κ3) is 2.23. The van der Waals surface area contributed by atoms with Gasteiger partial charge in [0.15, 0.2) is 0 Å². The minimum atomic E-state index is 0.510. The topological polar surface area (TPSA) is 35.2 Å². The lowest BCUT2D eigenvalue weighted by Crippen LogP contribution is -2.01. The molecule has 1 rings (SSSR count). The molecule has 2 nitrogen and oxygen atoms in total. The number of hydrogen-bond acceptors (Lipinski definition) is 2. The third-order valence-electron chi connectivity index (χ3n) is 2.01. The van der Waals surface area contributed by atoms with Gasteiger partial charge in [-0.25, -0.2) is 0 Å². The summed E-state index contributed by atoms with van der Waals surface area (Å²) in [4.78, 5) is 0. The van der Waals surface area contributed by atoms with Crippen LogP contribution in [-0.2, 0) is 13.0 Å². The normalized spacial score (nSPS) is 10.2. The van der Waals surface area contributed by atoms with Crippen molar-refractivity contribution in [2.75, 3.05) is 7.11 Å². The molecule has 0 aliphatic rings. The quantitative estimate of drug-likeness (QED) is 0.886. The highest BCUT2D eigenvalue weighted by Gasteiger charge is 2.07. The van der Waals surface area contributed by atoms with Gasteiger partial charge >= 0.3 is 0 Å². The van der Waals surface area contributed by atoms with Gasteiger partial charge in [0.1, 0.15) is 5.75 Å². The van der Waals surface area contributed by atoms with Crippen LogP contribution in [0, 0.1) is 0 Å². The van der Waals surface area contributed by atoms with E-state index in [2.05, 4.69) is 35.0 Å². The van der Waals surface area contributed by atoms with Crippen LogP contribution in [0.2, 0.25) is 0 Å². The van der Waals surface area contributed by atoms with E-state index in [1.165, 1.54) is 5.56 Å². The predicted molar refractivity (Wildman–Crippen MR) is 58.0 cm³/mol. The maximum atomic E-state index is 5.62. The number of ether oxygens (including phenoxy) is 1. The van der Waals surface area contributed by atoms with Crippen LogP contribution >= 0.6 is 15.9 Å². The standard InChI is InChI=1S/C10H14BrNO/c1-3-7-4-8(6-12)10(13-2)9(11)5-7/h4-5H,3,6,12H2,1-2H3. The number of methoxy groups -OCH3 is 1. The zero-order chi connectivity index (χ0) is 9.84. The van der Waals surface area contributed by atoms with Crippen LogP contribution in [-0.4, -0.2) is 7.11 Å². The molecule has 0 unspecified atom stereocenters. The van der Waals surface area contributed by atoms with Gasteiger partial charge in [-0.15, -0.1) is 0 Å². The summed E-state index contributed by atoms with van der Waals surface area (Å²) in [7, 11) is 1.66. The van der Waals surface area contributed by atoms with Gasteiger partial charge in [-0.2, -0.15) is 0 Å². The fraction of sp³-hybridized carbons (Fsp3) is 0.400. The molecule has 0 atom stereocenters. The van der Waals surface area contributed by atoms with Gasteiger partial charge in [-0.05, 0) is 34.0 Å². The van der Waals surface area contributed by atoms with Crippen LogP contribution in [0.25, 0.3) is 0 Å². The zero-order valence-corrected chi connectivity index (χ0v) is 9.52. The smallest absolute Gasteiger partial charge is 0.137 e. The van der Waals surface area contributed by atoms with E-state index in [0.717, 1.165) is 22.2 Å². The maximum absolute atomic E-state index is 5.62. The molecule has 0 heterocycles. The Kier molecular flexibility index (Phi) is 3.75. The molecule has 0 bridgehead atoms. The van der Waals surface area contributed by atoms with Crippen molar-refractivity contribution >= 4 is 15.9 Å². The molecule has 3 heteroatoms. The van der Waals surface area contributed by atoms with Crippen molar-refractivity contribution in [1.29, 1.82) is 0 Å². The molecule has 0 aromatic heterocycles. The highest BCUT2D eigenvalue weighted by atomic mass is 79.9. The van der Waals surface area contributed by atoms with E-state index < -0.39 is 0 Å². The molecule has 0 saturated carbocycles. The molecule has 0 radical (unpaired) electrons. The maximum Gasteiger partial charge on any atom is 0.137 e. The predicted octanol–water partition coefficient (Wildman–Crippen LogP) is 2.48. The van der Waals surface area contributed by atoms with Gasteiger partial charge in [0.25, 0.3) is 0 Å². The van der Waals surface area contributed by atoms with Crippen molar-refractivity contribution in [1.82, 2.24) is 0 Å².